The Morgan fingerprint density at radius 1 is 0.926 bits per heavy atom. The molecule has 1 unspecified atom stereocenters. The Morgan fingerprint density at radius 3 is 2.20 bits per heavy atom. The number of hydrogen-bond acceptors (Lipinski definition) is 11. The van der Waals surface area contributed by atoms with Crippen molar-refractivity contribution in [2.24, 2.45) is 7.05 Å². The second kappa shape index (κ2) is 15.4. The van der Waals surface area contributed by atoms with Crippen LogP contribution in [-0.2, 0) is 28.0 Å². The summed E-state index contributed by atoms with van der Waals surface area (Å²) in [4.78, 5) is 57.1. The average Bonchev–Trinajstić information content (AvgIpc) is 3.66. The lowest BCUT2D eigenvalue weighted by Gasteiger charge is -2.39. The molecule has 4 aromatic rings. The normalized spacial score (nSPS) is 18.6. The first-order valence-electron chi connectivity index (χ1n) is 17.9. The minimum atomic E-state index is -0.753. The fourth-order valence-electron chi connectivity index (χ4n) is 7.46. The maximum absolute atomic E-state index is 15.2. The third-order valence-corrected chi connectivity index (χ3v) is 10.5. The standard InChI is InChI=1S/C37H43F2N9O6/c1-44-19-25(24-18-40-43-34(24)37(44)52)22-14-30(53-2)26(31(15-22)54-3)20-45-6-10-47(11-7-45)33(50)21-46-8-12-48(13-9-46)35-27(38)16-23(17-28(35)39)41-29-4-5-32(49)42-36(29)51/h14-19,29,41H,4-13,20-21H2,1-3H3,(H,40,43)(H,42,49,51). The summed E-state index contributed by atoms with van der Waals surface area (Å²) in [5.41, 5.74) is 2.74. The predicted molar refractivity (Wildman–Crippen MR) is 197 cm³/mol. The smallest absolute Gasteiger partial charge is 0.276 e. The number of piperazine rings is 2. The highest BCUT2D eigenvalue weighted by atomic mass is 19.1. The maximum Gasteiger partial charge on any atom is 0.276 e. The zero-order valence-electron chi connectivity index (χ0n) is 30.4. The van der Waals surface area contributed by atoms with Gasteiger partial charge >= 0.3 is 0 Å². The number of rotatable bonds is 10. The third kappa shape index (κ3) is 7.45. The van der Waals surface area contributed by atoms with Gasteiger partial charge in [0, 0.05) is 95.2 Å². The number of carbonyl (C=O) groups excluding carboxylic acids is 3. The molecule has 2 aromatic heterocycles. The van der Waals surface area contributed by atoms with E-state index in [0.717, 1.165) is 28.8 Å². The fraction of sp³-hybridized carbons (Fsp3) is 0.432. The van der Waals surface area contributed by atoms with E-state index in [2.05, 4.69) is 25.7 Å². The van der Waals surface area contributed by atoms with Gasteiger partial charge in [-0.3, -0.25) is 39.4 Å². The number of piperidine rings is 1. The van der Waals surface area contributed by atoms with E-state index >= 15 is 8.78 Å². The number of nitrogens with zero attached hydrogens (tertiary/aromatic N) is 6. The number of fused-ring (bicyclic) bond motifs is 1. The van der Waals surface area contributed by atoms with Crippen molar-refractivity contribution >= 4 is 40.0 Å². The van der Waals surface area contributed by atoms with Crippen molar-refractivity contribution < 1.29 is 32.6 Å². The van der Waals surface area contributed by atoms with Crippen molar-refractivity contribution in [3.63, 3.8) is 0 Å². The van der Waals surface area contributed by atoms with Gasteiger partial charge in [-0.05, 0) is 36.2 Å². The van der Waals surface area contributed by atoms with Gasteiger partial charge in [-0.1, -0.05) is 0 Å². The molecule has 7 rings (SSSR count). The number of pyridine rings is 1. The fourth-order valence-corrected chi connectivity index (χ4v) is 7.46. The Kier molecular flexibility index (Phi) is 10.5. The Balaban J connectivity index is 0.920. The molecule has 3 aliphatic rings. The summed E-state index contributed by atoms with van der Waals surface area (Å²) < 4.78 is 43.5. The number of hydrogen-bond donors (Lipinski definition) is 3. The van der Waals surface area contributed by atoms with Crippen LogP contribution < -0.4 is 30.6 Å². The van der Waals surface area contributed by atoms with Crippen molar-refractivity contribution in [2.45, 2.75) is 25.4 Å². The van der Waals surface area contributed by atoms with Crippen LogP contribution in [0.5, 0.6) is 11.5 Å². The van der Waals surface area contributed by atoms with Crippen LogP contribution in [0.4, 0.5) is 20.2 Å². The number of aromatic nitrogens is 3. The van der Waals surface area contributed by atoms with Gasteiger partial charge in [-0.15, -0.1) is 0 Å². The molecule has 5 heterocycles. The molecule has 0 bridgehead atoms. The van der Waals surface area contributed by atoms with Crippen molar-refractivity contribution in [1.82, 2.24) is 34.8 Å². The lowest BCUT2D eigenvalue weighted by molar-refractivity contribution is -0.135. The predicted octanol–water partition coefficient (Wildman–Crippen LogP) is 1.91. The van der Waals surface area contributed by atoms with Crippen molar-refractivity contribution in [1.29, 1.82) is 0 Å². The molecule has 3 fully saturated rings. The summed E-state index contributed by atoms with van der Waals surface area (Å²) in [5, 5.41) is 12.6. The highest BCUT2D eigenvalue weighted by molar-refractivity contribution is 6.01. The van der Waals surface area contributed by atoms with E-state index in [9.17, 15) is 19.2 Å². The van der Waals surface area contributed by atoms with Gasteiger partial charge in [0.15, 0.2) is 11.6 Å². The minimum absolute atomic E-state index is 0.00618. The Hall–Kier alpha value is -5.55. The number of nitrogens with one attached hydrogen (secondary N) is 3. The van der Waals surface area contributed by atoms with Crippen molar-refractivity contribution in [3.05, 3.63) is 64.2 Å². The molecule has 0 spiro atoms. The molecule has 15 nitrogen and oxygen atoms in total. The maximum atomic E-state index is 15.2. The number of carbonyl (C=O) groups is 3. The topological polar surface area (TPSA) is 157 Å². The number of aromatic amines is 1. The van der Waals surface area contributed by atoms with E-state index < -0.39 is 23.6 Å². The zero-order chi connectivity index (χ0) is 38.1. The van der Waals surface area contributed by atoms with Gasteiger partial charge in [0.25, 0.3) is 5.56 Å². The minimum Gasteiger partial charge on any atom is -0.496 e. The first kappa shape index (κ1) is 36.8. The number of aryl methyl sites for hydroxylation is 1. The first-order chi connectivity index (χ1) is 26.0. The summed E-state index contributed by atoms with van der Waals surface area (Å²) in [6.45, 7) is 4.76. The van der Waals surface area contributed by atoms with Gasteiger partial charge in [0.05, 0.1) is 32.5 Å². The first-order valence-corrected chi connectivity index (χ1v) is 17.9. The second-order valence-corrected chi connectivity index (χ2v) is 13.8. The van der Waals surface area contributed by atoms with Crippen molar-refractivity contribution in [3.8, 4) is 22.6 Å². The molecule has 3 N–H and O–H groups in total. The molecule has 3 aliphatic heterocycles. The van der Waals surface area contributed by atoms with E-state index in [1.165, 1.54) is 4.57 Å². The van der Waals surface area contributed by atoms with Gasteiger partial charge in [-0.2, -0.15) is 5.10 Å². The molecular weight excluding hydrogens is 704 g/mol. The SMILES string of the molecule is COc1cc(-c2cn(C)c(=O)c3[nH]ncc23)cc(OC)c1CN1CCN(C(=O)CN2CCN(c3c(F)cc(NC4CCC(=O)NC4=O)cc3F)CC2)CC1. The summed E-state index contributed by atoms with van der Waals surface area (Å²) >= 11 is 0. The number of H-pyrrole nitrogens is 1. The molecule has 3 saturated heterocycles. The highest BCUT2D eigenvalue weighted by Gasteiger charge is 2.30. The Labute approximate surface area is 309 Å². The highest BCUT2D eigenvalue weighted by Crippen LogP contribution is 2.38. The summed E-state index contributed by atoms with van der Waals surface area (Å²) in [6, 6.07) is 5.43. The van der Waals surface area contributed by atoms with Crippen LogP contribution >= 0.6 is 0 Å². The lowest BCUT2D eigenvalue weighted by Crippen LogP contribution is -2.53. The van der Waals surface area contributed by atoms with E-state index in [1.54, 1.807) is 38.6 Å². The lowest BCUT2D eigenvalue weighted by atomic mass is 10.00. The summed E-state index contributed by atoms with van der Waals surface area (Å²) in [5.74, 6) is -1.10. The molecular formula is C37H43F2N9O6. The van der Waals surface area contributed by atoms with E-state index in [1.807, 2.05) is 21.9 Å². The molecule has 3 amide bonds. The van der Waals surface area contributed by atoms with Crippen LogP contribution in [0, 0.1) is 11.6 Å². The number of methoxy groups -OCH3 is 2. The van der Waals surface area contributed by atoms with Crippen LogP contribution in [0.2, 0.25) is 0 Å². The van der Waals surface area contributed by atoms with Gasteiger partial charge in [0.1, 0.15) is 28.7 Å². The van der Waals surface area contributed by atoms with Gasteiger partial charge in [0.2, 0.25) is 17.7 Å². The second-order valence-electron chi connectivity index (χ2n) is 13.8. The number of halogens is 2. The zero-order valence-corrected chi connectivity index (χ0v) is 30.4. The van der Waals surface area contributed by atoms with E-state index in [-0.39, 0.29) is 48.1 Å². The molecule has 286 valence electrons. The van der Waals surface area contributed by atoms with Crippen LogP contribution in [0.3, 0.4) is 0 Å². The number of benzene rings is 2. The number of amides is 3. The third-order valence-electron chi connectivity index (χ3n) is 10.5. The molecule has 0 aliphatic carbocycles. The quantitative estimate of drug-likeness (QED) is 0.204. The number of anilines is 2. The van der Waals surface area contributed by atoms with Crippen LogP contribution in [0.1, 0.15) is 18.4 Å². The molecule has 17 heteroatoms. The van der Waals surface area contributed by atoms with E-state index in [0.29, 0.717) is 81.3 Å². The Morgan fingerprint density at radius 2 is 1.57 bits per heavy atom. The largest absolute Gasteiger partial charge is 0.496 e. The summed E-state index contributed by atoms with van der Waals surface area (Å²) in [7, 11) is 4.91. The summed E-state index contributed by atoms with van der Waals surface area (Å²) in [6.07, 6.45) is 3.79. The Bertz CT molecular complexity index is 2090. The van der Waals surface area contributed by atoms with E-state index in [4.69, 9.17) is 9.47 Å². The monoisotopic (exact) mass is 747 g/mol. The molecule has 0 saturated carbocycles. The molecule has 54 heavy (non-hydrogen) atoms. The van der Waals surface area contributed by atoms with Crippen molar-refractivity contribution in [2.75, 3.05) is 83.3 Å². The number of ether oxygens (including phenoxy) is 2. The molecule has 1 atom stereocenters. The molecule has 2 aromatic carbocycles. The average molecular weight is 748 g/mol. The van der Waals surface area contributed by atoms with Gasteiger partial charge in [-0.25, -0.2) is 8.78 Å². The van der Waals surface area contributed by atoms with Crippen LogP contribution in [-0.4, -0.2) is 126 Å². The van der Waals surface area contributed by atoms with Crippen LogP contribution in [0.25, 0.3) is 22.0 Å². The van der Waals surface area contributed by atoms with Gasteiger partial charge < -0.3 is 29.2 Å². The number of imide groups is 1. The molecule has 0 radical (unpaired) electrons. The van der Waals surface area contributed by atoms with Crippen LogP contribution in [0.15, 0.2) is 41.5 Å².